The predicted octanol–water partition coefficient (Wildman–Crippen LogP) is 2.03. The summed E-state index contributed by atoms with van der Waals surface area (Å²) in [4.78, 5) is 0. The Labute approximate surface area is 80.7 Å². The molecule has 0 saturated heterocycles. The van der Waals surface area contributed by atoms with Gasteiger partial charge in [-0.1, -0.05) is 11.3 Å². The van der Waals surface area contributed by atoms with Crippen LogP contribution >= 0.6 is 22.9 Å². The van der Waals surface area contributed by atoms with Crippen LogP contribution in [0.25, 0.3) is 0 Å². The van der Waals surface area contributed by atoms with Crippen LogP contribution in [0.15, 0.2) is 0 Å². The van der Waals surface area contributed by atoms with Crippen LogP contribution in [0.5, 0.6) is 0 Å². The third kappa shape index (κ3) is 2.40. The largest absolute Gasteiger partial charge is 0.374 e. The monoisotopic (exact) mass is 206 g/mol. The van der Waals surface area contributed by atoms with Crippen molar-refractivity contribution in [2.75, 3.05) is 13.0 Å². The van der Waals surface area contributed by atoms with E-state index in [1.165, 1.54) is 0 Å². The average molecular weight is 207 g/mol. The fourth-order valence-corrected chi connectivity index (χ4v) is 1.88. The van der Waals surface area contributed by atoms with Crippen molar-refractivity contribution >= 4 is 22.9 Å². The van der Waals surface area contributed by atoms with E-state index in [2.05, 4.69) is 10.2 Å². The topological polar surface area (TPSA) is 35.0 Å². The van der Waals surface area contributed by atoms with E-state index in [1.54, 1.807) is 18.4 Å². The minimum atomic E-state index is 0.0339. The van der Waals surface area contributed by atoms with Gasteiger partial charge in [0, 0.05) is 19.4 Å². The number of nitrogens with zero attached hydrogens (tertiary/aromatic N) is 2. The molecule has 1 rings (SSSR count). The van der Waals surface area contributed by atoms with Gasteiger partial charge < -0.3 is 4.74 Å². The van der Waals surface area contributed by atoms with Crippen LogP contribution in [0.3, 0.4) is 0 Å². The number of alkyl halides is 1. The minimum Gasteiger partial charge on any atom is -0.374 e. The summed E-state index contributed by atoms with van der Waals surface area (Å²) in [7, 11) is 1.66. The molecule has 0 saturated carbocycles. The van der Waals surface area contributed by atoms with E-state index in [0.29, 0.717) is 5.88 Å². The number of hydrogen-bond donors (Lipinski definition) is 0. The molecule has 5 heteroatoms. The molecule has 1 heterocycles. The van der Waals surface area contributed by atoms with Crippen molar-refractivity contribution in [3.8, 4) is 0 Å². The number of rotatable bonds is 4. The zero-order valence-corrected chi connectivity index (χ0v) is 8.65. The summed E-state index contributed by atoms with van der Waals surface area (Å²) in [6, 6.07) is 0. The Morgan fingerprint density at radius 2 is 2.33 bits per heavy atom. The molecule has 0 aliphatic carbocycles. The van der Waals surface area contributed by atoms with Crippen LogP contribution in [0.4, 0.5) is 0 Å². The highest BCUT2D eigenvalue weighted by Gasteiger charge is 2.09. The summed E-state index contributed by atoms with van der Waals surface area (Å²) >= 11 is 7.12. The fraction of sp³-hybridized carbons (Fsp3) is 0.714. The van der Waals surface area contributed by atoms with Crippen LogP contribution in [-0.2, 0) is 11.2 Å². The van der Waals surface area contributed by atoms with E-state index in [4.69, 9.17) is 16.3 Å². The van der Waals surface area contributed by atoms with E-state index >= 15 is 0 Å². The maximum Gasteiger partial charge on any atom is 0.146 e. The van der Waals surface area contributed by atoms with E-state index < -0.39 is 0 Å². The van der Waals surface area contributed by atoms with E-state index in [-0.39, 0.29) is 6.10 Å². The van der Waals surface area contributed by atoms with Gasteiger partial charge in [0.05, 0.1) is 0 Å². The highest BCUT2D eigenvalue weighted by molar-refractivity contribution is 7.11. The summed E-state index contributed by atoms with van der Waals surface area (Å²) in [6.07, 6.45) is 0.821. The average Bonchev–Trinajstić information content (AvgIpc) is 2.52. The van der Waals surface area contributed by atoms with Crippen molar-refractivity contribution in [1.29, 1.82) is 0 Å². The zero-order valence-electron chi connectivity index (χ0n) is 7.08. The molecule has 1 unspecified atom stereocenters. The van der Waals surface area contributed by atoms with Crippen molar-refractivity contribution in [2.24, 2.45) is 0 Å². The standard InChI is InChI=1S/C7H11ClN2OS/c1-5(11-2)7-10-9-6(12-7)3-4-8/h5H,3-4H2,1-2H3. The first-order valence-corrected chi connectivity index (χ1v) is 5.04. The molecule has 0 bridgehead atoms. The first-order chi connectivity index (χ1) is 5.77. The van der Waals surface area contributed by atoms with Gasteiger partial charge in [-0.25, -0.2) is 0 Å². The molecule has 0 spiro atoms. The number of aryl methyl sites for hydroxylation is 1. The highest BCUT2D eigenvalue weighted by atomic mass is 35.5. The smallest absolute Gasteiger partial charge is 0.146 e. The SMILES string of the molecule is COC(C)c1nnc(CCCl)s1. The number of methoxy groups -OCH3 is 1. The Kier molecular flexibility index (Phi) is 3.91. The van der Waals surface area contributed by atoms with Gasteiger partial charge in [-0.15, -0.1) is 21.8 Å². The van der Waals surface area contributed by atoms with Gasteiger partial charge in [-0.05, 0) is 6.92 Å². The van der Waals surface area contributed by atoms with Crippen molar-refractivity contribution in [1.82, 2.24) is 10.2 Å². The molecule has 3 nitrogen and oxygen atoms in total. The Bertz CT molecular complexity index is 241. The third-order valence-electron chi connectivity index (χ3n) is 1.49. The van der Waals surface area contributed by atoms with Crippen molar-refractivity contribution in [3.63, 3.8) is 0 Å². The first kappa shape index (κ1) is 9.89. The predicted molar refractivity (Wildman–Crippen MR) is 49.8 cm³/mol. The molecule has 1 aromatic rings. The maximum absolute atomic E-state index is 5.57. The molecule has 1 aromatic heterocycles. The quantitative estimate of drug-likeness (QED) is 0.708. The number of hydrogen-bond acceptors (Lipinski definition) is 4. The van der Waals surface area contributed by atoms with Crippen LogP contribution in [0.1, 0.15) is 23.0 Å². The lowest BCUT2D eigenvalue weighted by Gasteiger charge is -2.01. The molecule has 0 aromatic carbocycles. The van der Waals surface area contributed by atoms with Crippen molar-refractivity contribution in [3.05, 3.63) is 10.0 Å². The molecule has 0 aliphatic heterocycles. The first-order valence-electron chi connectivity index (χ1n) is 3.69. The Hall–Kier alpha value is -0.190. The molecule has 1 atom stereocenters. The third-order valence-corrected chi connectivity index (χ3v) is 2.83. The van der Waals surface area contributed by atoms with E-state index in [0.717, 1.165) is 16.4 Å². The Balaban J connectivity index is 2.63. The molecule has 0 amide bonds. The van der Waals surface area contributed by atoms with Gasteiger partial charge in [-0.3, -0.25) is 0 Å². The molecule has 68 valence electrons. The van der Waals surface area contributed by atoms with Gasteiger partial charge in [0.15, 0.2) is 0 Å². The number of ether oxygens (including phenoxy) is 1. The molecular weight excluding hydrogens is 196 g/mol. The van der Waals surface area contributed by atoms with Crippen LogP contribution in [0, 0.1) is 0 Å². The van der Waals surface area contributed by atoms with E-state index in [1.807, 2.05) is 6.92 Å². The van der Waals surface area contributed by atoms with Crippen LogP contribution < -0.4 is 0 Å². The molecule has 12 heavy (non-hydrogen) atoms. The van der Waals surface area contributed by atoms with Gasteiger partial charge in [0.2, 0.25) is 0 Å². The summed E-state index contributed by atoms with van der Waals surface area (Å²) < 4.78 is 5.10. The minimum absolute atomic E-state index is 0.0339. The highest BCUT2D eigenvalue weighted by Crippen LogP contribution is 2.20. The van der Waals surface area contributed by atoms with Gasteiger partial charge in [0.1, 0.15) is 16.1 Å². The lowest BCUT2D eigenvalue weighted by Crippen LogP contribution is -1.93. The van der Waals surface area contributed by atoms with E-state index in [9.17, 15) is 0 Å². The van der Waals surface area contributed by atoms with Gasteiger partial charge >= 0.3 is 0 Å². The molecule has 0 radical (unpaired) electrons. The lowest BCUT2D eigenvalue weighted by molar-refractivity contribution is 0.118. The summed E-state index contributed by atoms with van der Waals surface area (Å²) in [6.45, 7) is 1.95. The zero-order chi connectivity index (χ0) is 8.97. The normalized spacial score (nSPS) is 13.2. The second-order valence-electron chi connectivity index (χ2n) is 2.35. The maximum atomic E-state index is 5.57. The number of halogens is 1. The molecule has 0 N–H and O–H groups in total. The molecule has 0 aliphatic rings. The van der Waals surface area contributed by atoms with Gasteiger partial charge in [0.25, 0.3) is 0 Å². The summed E-state index contributed by atoms with van der Waals surface area (Å²) in [5, 5.41) is 9.86. The Morgan fingerprint density at radius 1 is 1.58 bits per heavy atom. The number of aromatic nitrogens is 2. The summed E-state index contributed by atoms with van der Waals surface area (Å²) in [5.74, 6) is 0.593. The lowest BCUT2D eigenvalue weighted by atomic mass is 10.4. The van der Waals surface area contributed by atoms with Gasteiger partial charge in [-0.2, -0.15) is 0 Å². The van der Waals surface area contributed by atoms with Crippen molar-refractivity contribution in [2.45, 2.75) is 19.4 Å². The second kappa shape index (κ2) is 4.74. The van der Waals surface area contributed by atoms with Crippen LogP contribution in [-0.4, -0.2) is 23.2 Å². The second-order valence-corrected chi connectivity index (χ2v) is 3.82. The van der Waals surface area contributed by atoms with Crippen LogP contribution in [0.2, 0.25) is 0 Å². The Morgan fingerprint density at radius 3 is 2.92 bits per heavy atom. The fourth-order valence-electron chi connectivity index (χ4n) is 0.714. The summed E-state index contributed by atoms with van der Waals surface area (Å²) in [5.41, 5.74) is 0. The molecular formula is C7H11ClN2OS. The molecule has 0 fully saturated rings. The van der Waals surface area contributed by atoms with Crippen molar-refractivity contribution < 1.29 is 4.74 Å².